The van der Waals surface area contributed by atoms with Crippen molar-refractivity contribution >= 4 is 69.2 Å². The number of carbonyl (C=O) groups is 3. The quantitative estimate of drug-likeness (QED) is 0.164. The monoisotopic (exact) mass is 702 g/mol. The van der Waals surface area contributed by atoms with Crippen LogP contribution in [0.15, 0.2) is 54.1 Å². The van der Waals surface area contributed by atoms with E-state index in [1.807, 2.05) is 39.0 Å². The van der Waals surface area contributed by atoms with Crippen LogP contribution in [0.5, 0.6) is 11.5 Å². The van der Waals surface area contributed by atoms with Crippen molar-refractivity contribution in [1.82, 2.24) is 19.8 Å². The summed E-state index contributed by atoms with van der Waals surface area (Å²) in [6.07, 6.45) is 8.06. The lowest BCUT2D eigenvalue weighted by atomic mass is 9.94. The number of thiocarbonyl (C=S) groups is 1. The van der Waals surface area contributed by atoms with Gasteiger partial charge in [-0.05, 0) is 31.7 Å². The third-order valence-electron chi connectivity index (χ3n) is 9.30. The van der Waals surface area contributed by atoms with Gasteiger partial charge in [0.25, 0.3) is 0 Å². The van der Waals surface area contributed by atoms with Gasteiger partial charge in [0.15, 0.2) is 17.3 Å². The van der Waals surface area contributed by atoms with Gasteiger partial charge in [0, 0.05) is 67.9 Å². The maximum absolute atomic E-state index is 13.9. The topological polar surface area (TPSA) is 117 Å². The highest BCUT2D eigenvalue weighted by atomic mass is 32.2. The summed E-state index contributed by atoms with van der Waals surface area (Å²) in [5, 5.41) is 3.68. The van der Waals surface area contributed by atoms with E-state index in [9.17, 15) is 14.4 Å². The Labute approximate surface area is 296 Å². The number of thioether (sulfide) groups is 1. The van der Waals surface area contributed by atoms with Crippen molar-refractivity contribution in [2.45, 2.75) is 51.0 Å². The molecule has 13 heteroatoms. The predicted molar refractivity (Wildman–Crippen MR) is 197 cm³/mol. The fraction of sp³-hybridized carbons (Fsp3) is 0.444. The number of amides is 2. The SMILES string of the molecule is COc1cc2nc(N3CCN(C(=O)C=C4CCCCC4)CC3)nc(NC(=O)C3CSCN3C(=S)CCC(=O)c3ccccc3)c2cc1OC. The Bertz CT molecular complexity index is 1740. The minimum atomic E-state index is -0.522. The van der Waals surface area contributed by atoms with Gasteiger partial charge in [-0.2, -0.15) is 4.98 Å². The van der Waals surface area contributed by atoms with Crippen LogP contribution in [0, 0.1) is 0 Å². The van der Waals surface area contributed by atoms with E-state index in [4.69, 9.17) is 31.7 Å². The first-order valence-electron chi connectivity index (χ1n) is 16.8. The molecule has 0 radical (unpaired) electrons. The van der Waals surface area contributed by atoms with Crippen molar-refractivity contribution in [3.63, 3.8) is 0 Å². The molecule has 11 nitrogen and oxygen atoms in total. The van der Waals surface area contributed by atoms with E-state index < -0.39 is 6.04 Å². The van der Waals surface area contributed by atoms with E-state index in [1.54, 1.807) is 50.2 Å². The molecule has 3 aliphatic rings. The minimum Gasteiger partial charge on any atom is -0.493 e. The second kappa shape index (κ2) is 16.0. The van der Waals surface area contributed by atoms with Gasteiger partial charge in [-0.3, -0.25) is 14.4 Å². The zero-order chi connectivity index (χ0) is 34.3. The number of rotatable bonds is 10. The lowest BCUT2D eigenvalue weighted by molar-refractivity contribution is -0.126. The first-order valence-corrected chi connectivity index (χ1v) is 18.3. The van der Waals surface area contributed by atoms with Gasteiger partial charge in [-0.25, -0.2) is 4.98 Å². The van der Waals surface area contributed by atoms with E-state index in [0.29, 0.717) is 88.9 Å². The number of Topliss-reactive ketones (excluding diaryl/α,β-unsaturated/α-hetero) is 1. The molecule has 1 unspecified atom stereocenters. The Balaban J connectivity index is 1.19. The average Bonchev–Trinajstić information content (AvgIpc) is 3.64. The van der Waals surface area contributed by atoms with Gasteiger partial charge >= 0.3 is 0 Å². The summed E-state index contributed by atoms with van der Waals surface area (Å²) >= 11 is 7.37. The number of ether oxygens (including phenoxy) is 2. The molecule has 1 saturated carbocycles. The zero-order valence-electron chi connectivity index (χ0n) is 28.0. The first kappa shape index (κ1) is 34.6. The van der Waals surface area contributed by atoms with Crippen LogP contribution < -0.4 is 19.7 Å². The van der Waals surface area contributed by atoms with E-state index in [0.717, 1.165) is 25.7 Å². The third kappa shape index (κ3) is 8.16. The number of piperazine rings is 1. The number of allylic oxidation sites excluding steroid dienone is 1. The van der Waals surface area contributed by atoms with Crippen LogP contribution in [0.2, 0.25) is 0 Å². The molecule has 3 fully saturated rings. The van der Waals surface area contributed by atoms with Crippen LogP contribution in [0.3, 0.4) is 0 Å². The van der Waals surface area contributed by atoms with Gasteiger partial charge in [-0.1, -0.05) is 54.5 Å². The molecular weight excluding hydrogens is 661 g/mol. The molecule has 49 heavy (non-hydrogen) atoms. The second-order valence-corrected chi connectivity index (χ2v) is 13.9. The molecule has 0 spiro atoms. The van der Waals surface area contributed by atoms with Crippen LogP contribution in [-0.2, 0) is 9.59 Å². The Morgan fingerprint density at radius 2 is 1.67 bits per heavy atom. The number of nitrogens with one attached hydrogen (secondary N) is 1. The fourth-order valence-electron chi connectivity index (χ4n) is 6.46. The number of nitrogens with zero attached hydrogens (tertiary/aromatic N) is 5. The van der Waals surface area contributed by atoms with Crippen LogP contribution in [-0.4, -0.2) is 100 Å². The molecule has 2 aliphatic heterocycles. The summed E-state index contributed by atoms with van der Waals surface area (Å²) in [5.41, 5.74) is 2.49. The molecule has 2 aromatic carbocycles. The van der Waals surface area contributed by atoms with E-state index >= 15 is 0 Å². The third-order valence-corrected chi connectivity index (χ3v) is 10.7. The average molecular weight is 703 g/mol. The van der Waals surface area contributed by atoms with E-state index in [1.165, 1.54) is 12.0 Å². The highest BCUT2D eigenvalue weighted by Crippen LogP contribution is 2.36. The van der Waals surface area contributed by atoms with E-state index in [2.05, 4.69) is 5.32 Å². The maximum Gasteiger partial charge on any atom is 0.249 e. The Morgan fingerprint density at radius 1 is 0.959 bits per heavy atom. The summed E-state index contributed by atoms with van der Waals surface area (Å²) in [6.45, 7) is 2.22. The normalized spacial score (nSPS) is 18.0. The fourth-order valence-corrected chi connectivity index (χ4v) is 8.03. The number of carbonyl (C=O) groups excluding carboxylic acids is 3. The van der Waals surface area contributed by atoms with Gasteiger partial charge in [0.2, 0.25) is 17.8 Å². The first-order chi connectivity index (χ1) is 23.8. The Morgan fingerprint density at radius 3 is 2.39 bits per heavy atom. The Kier molecular flexibility index (Phi) is 11.3. The number of hydrogen-bond acceptors (Lipinski definition) is 10. The number of methoxy groups -OCH3 is 2. The zero-order valence-corrected chi connectivity index (χ0v) is 29.6. The van der Waals surface area contributed by atoms with Crippen molar-refractivity contribution in [3.8, 4) is 11.5 Å². The van der Waals surface area contributed by atoms with Crippen LogP contribution >= 0.6 is 24.0 Å². The number of aromatic nitrogens is 2. The van der Waals surface area contributed by atoms with Crippen molar-refractivity contribution < 1.29 is 23.9 Å². The summed E-state index contributed by atoms with van der Waals surface area (Å²) in [7, 11) is 3.12. The lowest BCUT2D eigenvalue weighted by Gasteiger charge is -2.34. The highest BCUT2D eigenvalue weighted by Gasteiger charge is 2.34. The van der Waals surface area contributed by atoms with Crippen LogP contribution in [0.4, 0.5) is 11.8 Å². The van der Waals surface area contributed by atoms with Crippen LogP contribution in [0.1, 0.15) is 55.3 Å². The van der Waals surface area contributed by atoms with Gasteiger partial charge in [-0.15, -0.1) is 11.8 Å². The molecule has 1 atom stereocenters. The van der Waals surface area contributed by atoms with Crippen molar-refractivity contribution in [2.75, 3.05) is 62.2 Å². The highest BCUT2D eigenvalue weighted by molar-refractivity contribution is 7.99. The molecule has 258 valence electrons. The number of fused-ring (bicyclic) bond motifs is 1. The van der Waals surface area contributed by atoms with Gasteiger partial charge in [0.05, 0.1) is 30.6 Å². The van der Waals surface area contributed by atoms with E-state index in [-0.39, 0.29) is 24.0 Å². The number of ketones is 1. The standard InChI is InChI=1S/C36H42N6O5S2/c1-46-30-20-26-27(21-31(30)47-2)37-36(41-17-15-40(16-18-41)32(44)19-24-9-5-3-6-10-24)39-34(26)38-35(45)28-22-49-23-42(28)33(48)14-13-29(43)25-11-7-4-8-12-25/h4,7-8,11-12,19-21,28H,3,5-6,9-10,13-18,22-23H2,1-2H3,(H,37,38,39,45). The predicted octanol–water partition coefficient (Wildman–Crippen LogP) is 5.49. The minimum absolute atomic E-state index is 0.0200. The molecule has 1 aromatic heterocycles. The summed E-state index contributed by atoms with van der Waals surface area (Å²) in [5.74, 6) is 2.78. The largest absolute Gasteiger partial charge is 0.493 e. The number of anilines is 2. The molecule has 1 aliphatic carbocycles. The molecule has 3 heterocycles. The van der Waals surface area contributed by atoms with Crippen molar-refractivity contribution in [2.24, 2.45) is 0 Å². The Hall–Kier alpha value is -4.23. The van der Waals surface area contributed by atoms with Crippen molar-refractivity contribution in [3.05, 3.63) is 59.7 Å². The number of hydrogen-bond donors (Lipinski definition) is 1. The number of benzene rings is 2. The molecule has 2 amide bonds. The molecule has 3 aromatic rings. The lowest BCUT2D eigenvalue weighted by Crippen LogP contribution is -2.49. The maximum atomic E-state index is 13.9. The molecule has 6 rings (SSSR count). The van der Waals surface area contributed by atoms with Crippen molar-refractivity contribution in [1.29, 1.82) is 0 Å². The molecule has 0 bridgehead atoms. The van der Waals surface area contributed by atoms with Gasteiger partial charge in [0.1, 0.15) is 11.9 Å². The summed E-state index contributed by atoms with van der Waals surface area (Å²) < 4.78 is 11.1. The smallest absolute Gasteiger partial charge is 0.249 e. The van der Waals surface area contributed by atoms with Gasteiger partial charge < -0.3 is 29.5 Å². The molecule has 1 N–H and O–H groups in total. The molecule has 2 saturated heterocycles. The second-order valence-electron chi connectivity index (χ2n) is 12.4. The summed E-state index contributed by atoms with van der Waals surface area (Å²) in [6, 6.07) is 12.2. The molecular formula is C36H42N6O5S2. The summed E-state index contributed by atoms with van der Waals surface area (Å²) in [4.78, 5) is 55.8. The van der Waals surface area contributed by atoms with Crippen LogP contribution in [0.25, 0.3) is 10.9 Å².